The van der Waals surface area contributed by atoms with Crippen molar-refractivity contribution < 1.29 is 14.3 Å². The van der Waals surface area contributed by atoms with E-state index in [2.05, 4.69) is 10.3 Å². The lowest BCUT2D eigenvalue weighted by Crippen LogP contribution is -2.21. The molecule has 0 radical (unpaired) electrons. The van der Waals surface area contributed by atoms with Gasteiger partial charge in [0.25, 0.3) is 5.91 Å². The van der Waals surface area contributed by atoms with E-state index in [0.29, 0.717) is 5.69 Å². The zero-order valence-corrected chi connectivity index (χ0v) is 15.7. The summed E-state index contributed by atoms with van der Waals surface area (Å²) in [6.07, 6.45) is 1.91. The van der Waals surface area contributed by atoms with Gasteiger partial charge >= 0.3 is 5.97 Å². The molecule has 1 heterocycles. The molecule has 2 N–H and O–H groups in total. The number of para-hydroxylation sites is 1. The molecule has 0 aliphatic carbocycles. The van der Waals surface area contributed by atoms with Crippen molar-refractivity contribution in [3.63, 3.8) is 0 Å². The number of aromatic amines is 1. The topological polar surface area (TPSA) is 71.2 Å². The summed E-state index contributed by atoms with van der Waals surface area (Å²) in [5, 5.41) is 3.72. The molecule has 0 spiro atoms. The number of carbonyl (C=O) groups is 2. The van der Waals surface area contributed by atoms with Crippen molar-refractivity contribution in [3.05, 3.63) is 90.6 Å². The van der Waals surface area contributed by atoms with E-state index in [0.717, 1.165) is 27.6 Å². The number of H-pyrrole nitrogens is 1. The van der Waals surface area contributed by atoms with E-state index >= 15 is 0 Å². The monoisotopic (exact) mass is 384 g/mol. The quantitative estimate of drug-likeness (QED) is 0.479. The molecule has 4 aromatic rings. The van der Waals surface area contributed by atoms with Crippen molar-refractivity contribution in [1.29, 1.82) is 0 Å². The highest BCUT2D eigenvalue weighted by atomic mass is 16.5. The molecule has 0 unspecified atom stereocenters. The minimum absolute atomic E-state index is 0.114. The molecule has 1 amide bonds. The number of amides is 1. The molecule has 144 valence electrons. The Balaban J connectivity index is 1.29. The second-order valence-corrected chi connectivity index (χ2v) is 6.69. The lowest BCUT2D eigenvalue weighted by Gasteiger charge is -2.08. The first-order chi connectivity index (χ1) is 14.2. The van der Waals surface area contributed by atoms with Gasteiger partial charge in [-0.25, -0.2) is 0 Å². The van der Waals surface area contributed by atoms with Crippen LogP contribution in [0.25, 0.3) is 22.0 Å². The van der Waals surface area contributed by atoms with Crippen molar-refractivity contribution in [2.45, 2.75) is 6.42 Å². The van der Waals surface area contributed by atoms with Gasteiger partial charge in [-0.3, -0.25) is 9.59 Å². The van der Waals surface area contributed by atoms with Crippen LogP contribution in [0.5, 0.6) is 0 Å². The molecule has 1 aromatic heterocycles. The van der Waals surface area contributed by atoms with E-state index in [1.54, 1.807) is 6.20 Å². The number of nitrogens with one attached hydrogen (secondary N) is 2. The third kappa shape index (κ3) is 4.52. The summed E-state index contributed by atoms with van der Waals surface area (Å²) in [4.78, 5) is 27.3. The van der Waals surface area contributed by atoms with E-state index in [-0.39, 0.29) is 18.9 Å². The average Bonchev–Trinajstić information content (AvgIpc) is 3.16. The summed E-state index contributed by atoms with van der Waals surface area (Å²) in [5.74, 6) is -0.811. The molecule has 5 nitrogen and oxygen atoms in total. The Bertz CT molecular complexity index is 1130. The maximum absolute atomic E-state index is 12.1. The Hall–Kier alpha value is -3.86. The average molecular weight is 384 g/mol. The molecule has 4 rings (SSSR count). The molecule has 5 heteroatoms. The van der Waals surface area contributed by atoms with Gasteiger partial charge in [0.2, 0.25) is 0 Å². The van der Waals surface area contributed by atoms with E-state index in [1.807, 2.05) is 78.9 Å². The Morgan fingerprint density at radius 2 is 1.52 bits per heavy atom. The van der Waals surface area contributed by atoms with Crippen LogP contribution in [0.3, 0.4) is 0 Å². The van der Waals surface area contributed by atoms with Crippen LogP contribution >= 0.6 is 0 Å². The SMILES string of the molecule is O=C(COC(=O)Cc1c[nH]c2ccccc12)Nc1ccc(-c2ccccc2)cc1. The summed E-state index contributed by atoms with van der Waals surface area (Å²) in [6.45, 7) is -0.318. The predicted octanol–water partition coefficient (Wildman–Crippen LogP) is 4.56. The van der Waals surface area contributed by atoms with Gasteiger partial charge in [-0.15, -0.1) is 0 Å². The second kappa shape index (κ2) is 8.44. The normalized spacial score (nSPS) is 10.6. The highest BCUT2D eigenvalue weighted by Gasteiger charge is 2.12. The molecule has 0 bridgehead atoms. The van der Waals surface area contributed by atoms with Crippen molar-refractivity contribution in [1.82, 2.24) is 4.98 Å². The van der Waals surface area contributed by atoms with Gasteiger partial charge in [0, 0.05) is 22.8 Å². The minimum Gasteiger partial charge on any atom is -0.455 e. The number of hydrogen-bond donors (Lipinski definition) is 2. The van der Waals surface area contributed by atoms with Crippen LogP contribution in [0, 0.1) is 0 Å². The first kappa shape index (κ1) is 18.5. The fraction of sp³-hybridized carbons (Fsp3) is 0.0833. The lowest BCUT2D eigenvalue weighted by molar-refractivity contribution is -0.146. The fourth-order valence-electron chi connectivity index (χ4n) is 3.20. The van der Waals surface area contributed by atoms with E-state index in [9.17, 15) is 9.59 Å². The zero-order valence-electron chi connectivity index (χ0n) is 15.7. The smallest absolute Gasteiger partial charge is 0.310 e. The lowest BCUT2D eigenvalue weighted by atomic mass is 10.1. The van der Waals surface area contributed by atoms with Gasteiger partial charge in [-0.05, 0) is 34.9 Å². The number of benzene rings is 3. The van der Waals surface area contributed by atoms with Crippen LogP contribution in [0.15, 0.2) is 85.1 Å². The van der Waals surface area contributed by atoms with Crippen LogP contribution in [0.4, 0.5) is 5.69 Å². The van der Waals surface area contributed by atoms with Gasteiger partial charge in [-0.2, -0.15) is 0 Å². The number of hydrogen-bond acceptors (Lipinski definition) is 3. The molecule has 29 heavy (non-hydrogen) atoms. The molecule has 0 saturated heterocycles. The highest BCUT2D eigenvalue weighted by Crippen LogP contribution is 2.21. The molecule has 0 aliphatic heterocycles. The van der Waals surface area contributed by atoms with Crippen LogP contribution in [0.2, 0.25) is 0 Å². The summed E-state index contributed by atoms with van der Waals surface area (Å²) in [5.41, 5.74) is 4.64. The van der Waals surface area contributed by atoms with Gasteiger partial charge in [-0.1, -0.05) is 60.7 Å². The molecule has 3 aromatic carbocycles. The number of carbonyl (C=O) groups excluding carboxylic acids is 2. The highest BCUT2D eigenvalue weighted by molar-refractivity contribution is 5.93. The second-order valence-electron chi connectivity index (χ2n) is 6.69. The van der Waals surface area contributed by atoms with E-state index < -0.39 is 5.97 Å². The molecular formula is C24H20N2O3. The van der Waals surface area contributed by atoms with Crippen LogP contribution in [0.1, 0.15) is 5.56 Å². The van der Waals surface area contributed by atoms with Crippen LogP contribution < -0.4 is 5.32 Å². The first-order valence-electron chi connectivity index (χ1n) is 9.35. The minimum atomic E-state index is -0.440. The number of rotatable bonds is 6. The number of ether oxygens (including phenoxy) is 1. The van der Waals surface area contributed by atoms with Gasteiger partial charge in [0.05, 0.1) is 6.42 Å². The molecule has 0 aliphatic rings. The number of fused-ring (bicyclic) bond motifs is 1. The maximum Gasteiger partial charge on any atom is 0.310 e. The Kier molecular flexibility index (Phi) is 5.38. The standard InChI is InChI=1S/C24H20N2O3/c27-23(26-20-12-10-18(11-13-20)17-6-2-1-3-7-17)16-29-24(28)14-19-15-25-22-9-5-4-8-21(19)22/h1-13,15,25H,14,16H2,(H,26,27). The third-order valence-electron chi connectivity index (χ3n) is 4.65. The summed E-state index contributed by atoms with van der Waals surface area (Å²) >= 11 is 0. The maximum atomic E-state index is 12.1. The van der Waals surface area contributed by atoms with Crippen LogP contribution in [-0.4, -0.2) is 23.5 Å². The van der Waals surface area contributed by atoms with Gasteiger partial charge < -0.3 is 15.0 Å². The van der Waals surface area contributed by atoms with Crippen LogP contribution in [-0.2, 0) is 20.7 Å². The first-order valence-corrected chi connectivity index (χ1v) is 9.35. The largest absolute Gasteiger partial charge is 0.455 e. The summed E-state index contributed by atoms with van der Waals surface area (Å²) in [7, 11) is 0. The molecular weight excluding hydrogens is 364 g/mol. The third-order valence-corrected chi connectivity index (χ3v) is 4.65. The molecule has 0 fully saturated rings. The zero-order chi connectivity index (χ0) is 20.1. The fourth-order valence-corrected chi connectivity index (χ4v) is 3.20. The van der Waals surface area contributed by atoms with Gasteiger partial charge in [0.15, 0.2) is 6.61 Å². The van der Waals surface area contributed by atoms with Crippen molar-refractivity contribution in [2.75, 3.05) is 11.9 Å². The number of esters is 1. The van der Waals surface area contributed by atoms with E-state index in [1.165, 1.54) is 0 Å². The molecule has 0 saturated carbocycles. The number of aromatic nitrogens is 1. The Morgan fingerprint density at radius 1 is 0.828 bits per heavy atom. The predicted molar refractivity (Wildman–Crippen MR) is 113 cm³/mol. The van der Waals surface area contributed by atoms with Gasteiger partial charge in [0.1, 0.15) is 0 Å². The summed E-state index contributed by atoms with van der Waals surface area (Å²) in [6, 6.07) is 25.3. The Labute approximate surface area is 168 Å². The van der Waals surface area contributed by atoms with Crippen molar-refractivity contribution >= 4 is 28.5 Å². The van der Waals surface area contributed by atoms with Crippen molar-refractivity contribution in [3.8, 4) is 11.1 Å². The Morgan fingerprint density at radius 3 is 2.31 bits per heavy atom. The number of anilines is 1. The molecule has 0 atom stereocenters. The van der Waals surface area contributed by atoms with Crippen molar-refractivity contribution in [2.24, 2.45) is 0 Å². The summed E-state index contributed by atoms with van der Waals surface area (Å²) < 4.78 is 5.13. The van der Waals surface area contributed by atoms with E-state index in [4.69, 9.17) is 4.74 Å².